The SMILES string of the molecule is COc1ccc(C(=O)O)cc1NCC#Cc1cc2c(N[C@@H]3CC[C@@H]4CC[C@H]3N4C)nccn2c1[Se]C(F)(F)F. The molecule has 39 heavy (non-hydrogen) atoms. The molecule has 0 unspecified atom stereocenters. The van der Waals surface area contributed by atoms with Crippen LogP contribution in [0.2, 0.25) is 0 Å². The summed E-state index contributed by atoms with van der Waals surface area (Å²) >= 11 is -1.82. The van der Waals surface area contributed by atoms with Crippen LogP contribution in [-0.2, 0) is 0 Å². The number of methoxy groups -OCH3 is 1. The van der Waals surface area contributed by atoms with Gasteiger partial charge in [-0.1, -0.05) is 0 Å². The van der Waals surface area contributed by atoms with Gasteiger partial charge >= 0.3 is 230 Å². The first-order valence-corrected chi connectivity index (χ1v) is 14.2. The quantitative estimate of drug-likeness (QED) is 0.281. The third-order valence-corrected chi connectivity index (χ3v) is 9.16. The van der Waals surface area contributed by atoms with Crippen LogP contribution in [0.15, 0.2) is 36.7 Å². The third kappa shape index (κ3) is 5.81. The number of piperidine rings is 1. The van der Waals surface area contributed by atoms with E-state index in [1.165, 1.54) is 37.9 Å². The van der Waals surface area contributed by atoms with Gasteiger partial charge in [-0.2, -0.15) is 0 Å². The Morgan fingerprint density at radius 2 is 2.05 bits per heavy atom. The van der Waals surface area contributed by atoms with Crippen molar-refractivity contribution in [2.24, 2.45) is 0 Å². The average molecular weight is 607 g/mol. The van der Waals surface area contributed by atoms with E-state index in [4.69, 9.17) is 4.74 Å². The summed E-state index contributed by atoms with van der Waals surface area (Å²) in [5.74, 6) is 5.68. The average Bonchev–Trinajstić information content (AvgIpc) is 3.34. The zero-order chi connectivity index (χ0) is 27.7. The summed E-state index contributed by atoms with van der Waals surface area (Å²) < 4.78 is 47.7. The monoisotopic (exact) mass is 607 g/mol. The van der Waals surface area contributed by atoms with E-state index in [2.05, 4.69) is 39.4 Å². The standard InChI is InChI=1S/C27H28F3N5O3Se/c1-34-18-6-8-19(21(34)9-7-18)33-24-22-15-16(25(39-27(28,29)30)35(22)13-12-32-24)4-3-11-31-20-14-17(26(36)37)5-10-23(20)38-2/h5,10,12-15,18-19,21,31H,6-9,11H2,1-2H3,(H,32,33)(H,36,37)/t18-,19-,21-/m1/s1. The van der Waals surface area contributed by atoms with Gasteiger partial charge in [0.25, 0.3) is 0 Å². The summed E-state index contributed by atoms with van der Waals surface area (Å²) in [7, 11) is 3.60. The number of carboxylic acid groups (broad SMARTS) is 1. The second-order valence-electron chi connectivity index (χ2n) is 9.61. The van der Waals surface area contributed by atoms with Crippen LogP contribution in [0.1, 0.15) is 41.6 Å². The molecular weight excluding hydrogens is 578 g/mol. The number of hydrogen-bond donors (Lipinski definition) is 3. The molecule has 0 saturated carbocycles. The van der Waals surface area contributed by atoms with Crippen LogP contribution in [0.4, 0.5) is 24.7 Å². The Morgan fingerprint density at radius 1 is 1.26 bits per heavy atom. The van der Waals surface area contributed by atoms with Crippen LogP contribution < -0.4 is 20.0 Å². The summed E-state index contributed by atoms with van der Waals surface area (Å²) in [6.45, 7) is 0.0741. The van der Waals surface area contributed by atoms with Crippen molar-refractivity contribution < 1.29 is 27.8 Å². The van der Waals surface area contributed by atoms with Crippen LogP contribution in [0.3, 0.4) is 0 Å². The molecule has 5 rings (SSSR count). The predicted octanol–water partition coefficient (Wildman–Crippen LogP) is 3.39. The van der Waals surface area contributed by atoms with Crippen molar-refractivity contribution in [3.05, 3.63) is 47.8 Å². The number of likely N-dealkylation sites (N-methyl/N-ethyl adjacent to an activating group) is 1. The van der Waals surface area contributed by atoms with Gasteiger partial charge in [-0.05, 0) is 0 Å². The van der Waals surface area contributed by atoms with E-state index in [9.17, 15) is 23.1 Å². The fraction of sp³-hybridized carbons (Fsp3) is 0.407. The minimum atomic E-state index is -4.36. The van der Waals surface area contributed by atoms with Crippen LogP contribution in [0.5, 0.6) is 5.75 Å². The third-order valence-electron chi connectivity index (χ3n) is 7.39. The maximum atomic E-state index is 13.6. The Balaban J connectivity index is 1.42. The molecule has 1 aromatic carbocycles. The van der Waals surface area contributed by atoms with E-state index in [-0.39, 0.29) is 28.3 Å². The number of carboxylic acids is 1. The summed E-state index contributed by atoms with van der Waals surface area (Å²) in [6.07, 6.45) is 7.41. The molecule has 3 aromatic rings. The second-order valence-corrected chi connectivity index (χ2v) is 11.8. The number of nitrogens with one attached hydrogen (secondary N) is 2. The molecule has 3 N–H and O–H groups in total. The topological polar surface area (TPSA) is 91.1 Å². The molecule has 2 aromatic heterocycles. The van der Waals surface area contributed by atoms with Gasteiger partial charge in [-0.3, -0.25) is 0 Å². The Kier molecular flexibility index (Phi) is 7.67. The molecule has 0 spiro atoms. The van der Waals surface area contributed by atoms with Gasteiger partial charge in [0.15, 0.2) is 0 Å². The number of alkyl halides is 3. The number of fused-ring (bicyclic) bond motifs is 3. The fourth-order valence-electron chi connectivity index (χ4n) is 5.53. The van der Waals surface area contributed by atoms with Crippen molar-refractivity contribution in [2.45, 2.75) is 48.9 Å². The van der Waals surface area contributed by atoms with Gasteiger partial charge in [-0.15, -0.1) is 0 Å². The Labute approximate surface area is 230 Å². The first kappa shape index (κ1) is 27.2. The molecule has 0 aliphatic carbocycles. The number of aromatic nitrogens is 2. The Bertz CT molecular complexity index is 1450. The zero-order valence-corrected chi connectivity index (χ0v) is 23.1. The van der Waals surface area contributed by atoms with Crippen molar-refractivity contribution >= 4 is 42.5 Å². The number of aromatic carboxylic acids is 1. The molecule has 4 heterocycles. The number of nitrogens with zero attached hydrogens (tertiary/aromatic N) is 3. The minimum absolute atomic E-state index is 0.0740. The molecule has 8 nitrogen and oxygen atoms in total. The van der Waals surface area contributed by atoms with Crippen LogP contribution in [0.25, 0.3) is 5.52 Å². The van der Waals surface area contributed by atoms with Crippen molar-refractivity contribution in [3.63, 3.8) is 0 Å². The van der Waals surface area contributed by atoms with Crippen LogP contribution >= 0.6 is 0 Å². The van der Waals surface area contributed by atoms with E-state index >= 15 is 0 Å². The number of halogens is 3. The molecule has 206 valence electrons. The maximum absolute atomic E-state index is 13.6. The van der Waals surface area contributed by atoms with Gasteiger partial charge in [0.05, 0.1) is 0 Å². The second kappa shape index (κ2) is 11.0. The van der Waals surface area contributed by atoms with E-state index in [0.29, 0.717) is 34.9 Å². The number of hydrogen-bond acceptors (Lipinski definition) is 6. The van der Waals surface area contributed by atoms with Gasteiger partial charge in [0.1, 0.15) is 0 Å². The molecule has 0 amide bonds. The number of benzene rings is 1. The van der Waals surface area contributed by atoms with Gasteiger partial charge in [0.2, 0.25) is 0 Å². The first-order chi connectivity index (χ1) is 18.6. The summed E-state index contributed by atoms with van der Waals surface area (Å²) in [5, 5.41) is 11.4. The van der Waals surface area contributed by atoms with Gasteiger partial charge in [-0.25, -0.2) is 0 Å². The molecule has 2 fully saturated rings. The number of carbonyl (C=O) groups is 1. The molecule has 12 heteroatoms. The van der Waals surface area contributed by atoms with E-state index in [1.807, 2.05) is 0 Å². The van der Waals surface area contributed by atoms with Gasteiger partial charge in [0, 0.05) is 0 Å². The number of ether oxygens (including phenoxy) is 1. The van der Waals surface area contributed by atoms with E-state index in [1.54, 1.807) is 16.7 Å². The van der Waals surface area contributed by atoms with Crippen molar-refractivity contribution in [1.82, 2.24) is 14.3 Å². The Hall–Kier alpha value is -3.39. The van der Waals surface area contributed by atoms with Gasteiger partial charge < -0.3 is 0 Å². The van der Waals surface area contributed by atoms with E-state index in [0.717, 1.165) is 19.3 Å². The number of anilines is 2. The molecule has 2 aliphatic heterocycles. The summed E-state index contributed by atoms with van der Waals surface area (Å²) in [6, 6.07) is 7.20. The van der Waals surface area contributed by atoms with Crippen molar-refractivity contribution in [1.29, 1.82) is 0 Å². The first-order valence-electron chi connectivity index (χ1n) is 12.5. The molecule has 2 aliphatic rings. The molecule has 2 saturated heterocycles. The zero-order valence-electron chi connectivity index (χ0n) is 21.4. The van der Waals surface area contributed by atoms with Crippen molar-refractivity contribution in [3.8, 4) is 17.6 Å². The summed E-state index contributed by atoms with van der Waals surface area (Å²) in [4.78, 5) is 18.2. The van der Waals surface area contributed by atoms with Crippen LogP contribution in [-0.4, -0.2) is 84.2 Å². The molecular formula is C27H28F3N5O3Se. The Morgan fingerprint density at radius 3 is 2.79 bits per heavy atom. The van der Waals surface area contributed by atoms with Crippen LogP contribution in [0, 0.1) is 11.8 Å². The summed E-state index contributed by atoms with van der Waals surface area (Å²) in [5.41, 5.74) is 1.35. The van der Waals surface area contributed by atoms with Crippen molar-refractivity contribution in [2.75, 3.05) is 31.3 Å². The van der Waals surface area contributed by atoms with E-state index < -0.39 is 26.0 Å². The molecule has 0 radical (unpaired) electrons. The molecule has 3 atom stereocenters. The normalized spacial score (nSPS) is 20.9. The predicted molar refractivity (Wildman–Crippen MR) is 143 cm³/mol. The fourth-order valence-corrected chi connectivity index (χ4v) is 7.00. The molecule has 2 bridgehead atoms. The number of rotatable bonds is 7.